The van der Waals surface area contributed by atoms with Gasteiger partial charge in [-0.15, -0.1) is 0 Å². The minimum atomic E-state index is 0.569. The van der Waals surface area contributed by atoms with Crippen LogP contribution in [0.2, 0.25) is 0 Å². The molecule has 2 nitrogen and oxygen atoms in total. The maximum atomic E-state index is 5.86. The standard InChI is InChI=1S/C13H25NOS/c1-11-13(7-4-10-16-11)14-8-9-15-12-5-2-3-6-12/h11-14H,2-10H2,1H3. The Labute approximate surface area is 104 Å². The maximum absolute atomic E-state index is 5.86. The van der Waals surface area contributed by atoms with Crippen LogP contribution in [0.25, 0.3) is 0 Å². The largest absolute Gasteiger partial charge is 0.377 e. The van der Waals surface area contributed by atoms with Gasteiger partial charge in [-0.3, -0.25) is 0 Å². The number of hydrogen-bond acceptors (Lipinski definition) is 3. The van der Waals surface area contributed by atoms with E-state index in [1.54, 1.807) is 0 Å². The molecule has 2 aliphatic rings. The van der Waals surface area contributed by atoms with Crippen LogP contribution in [0.1, 0.15) is 45.4 Å². The van der Waals surface area contributed by atoms with Gasteiger partial charge in [0.05, 0.1) is 12.7 Å². The Kier molecular flexibility index (Phi) is 5.46. The molecule has 0 spiro atoms. The summed E-state index contributed by atoms with van der Waals surface area (Å²) in [6.07, 6.45) is 8.60. The minimum absolute atomic E-state index is 0.569. The van der Waals surface area contributed by atoms with E-state index >= 15 is 0 Å². The number of nitrogens with one attached hydrogen (secondary N) is 1. The number of thioether (sulfide) groups is 1. The average molecular weight is 243 g/mol. The Morgan fingerprint density at radius 1 is 1.19 bits per heavy atom. The smallest absolute Gasteiger partial charge is 0.0594 e. The summed E-state index contributed by atoms with van der Waals surface area (Å²) in [4.78, 5) is 0. The lowest BCUT2D eigenvalue weighted by atomic mass is 10.1. The van der Waals surface area contributed by atoms with Gasteiger partial charge in [0, 0.05) is 17.8 Å². The molecule has 1 N–H and O–H groups in total. The molecule has 1 aliphatic carbocycles. The van der Waals surface area contributed by atoms with Gasteiger partial charge < -0.3 is 10.1 Å². The summed E-state index contributed by atoms with van der Waals surface area (Å²) in [6.45, 7) is 4.28. The molecule has 0 aromatic carbocycles. The number of hydrogen-bond donors (Lipinski definition) is 1. The van der Waals surface area contributed by atoms with E-state index in [2.05, 4.69) is 24.0 Å². The van der Waals surface area contributed by atoms with Crippen molar-refractivity contribution in [3.63, 3.8) is 0 Å². The van der Waals surface area contributed by atoms with Crippen LogP contribution in [-0.2, 0) is 4.74 Å². The molecule has 3 heteroatoms. The van der Waals surface area contributed by atoms with Gasteiger partial charge in [-0.05, 0) is 31.4 Å². The number of rotatable bonds is 5. The molecule has 16 heavy (non-hydrogen) atoms. The molecular weight excluding hydrogens is 218 g/mol. The fourth-order valence-electron chi connectivity index (χ4n) is 2.72. The molecule has 2 rings (SSSR count). The van der Waals surface area contributed by atoms with Crippen molar-refractivity contribution >= 4 is 11.8 Å². The summed E-state index contributed by atoms with van der Waals surface area (Å²) in [6, 6.07) is 0.714. The van der Waals surface area contributed by atoms with Crippen molar-refractivity contribution < 1.29 is 4.74 Å². The van der Waals surface area contributed by atoms with Crippen LogP contribution in [0.3, 0.4) is 0 Å². The van der Waals surface area contributed by atoms with Crippen molar-refractivity contribution in [2.75, 3.05) is 18.9 Å². The fourth-order valence-corrected chi connectivity index (χ4v) is 3.89. The highest BCUT2D eigenvalue weighted by molar-refractivity contribution is 7.99. The second-order valence-electron chi connectivity index (χ2n) is 5.06. The molecule has 1 saturated carbocycles. The summed E-state index contributed by atoms with van der Waals surface area (Å²) in [5.41, 5.74) is 0. The van der Waals surface area contributed by atoms with Crippen molar-refractivity contribution in [1.29, 1.82) is 0 Å². The van der Waals surface area contributed by atoms with E-state index < -0.39 is 0 Å². The zero-order valence-electron chi connectivity index (χ0n) is 10.4. The van der Waals surface area contributed by atoms with Crippen LogP contribution in [-0.4, -0.2) is 36.3 Å². The van der Waals surface area contributed by atoms with Gasteiger partial charge >= 0.3 is 0 Å². The second-order valence-corrected chi connectivity index (χ2v) is 6.54. The van der Waals surface area contributed by atoms with Crippen LogP contribution in [0.15, 0.2) is 0 Å². The zero-order valence-corrected chi connectivity index (χ0v) is 11.2. The Balaban J connectivity index is 1.53. The van der Waals surface area contributed by atoms with Crippen LogP contribution in [0.5, 0.6) is 0 Å². The summed E-state index contributed by atoms with van der Waals surface area (Å²) in [5, 5.41) is 4.43. The van der Waals surface area contributed by atoms with Gasteiger partial charge in [-0.25, -0.2) is 0 Å². The van der Waals surface area contributed by atoms with Crippen molar-refractivity contribution in [2.24, 2.45) is 0 Å². The predicted molar refractivity (Wildman–Crippen MR) is 71.2 cm³/mol. The Bertz CT molecular complexity index is 194. The first-order chi connectivity index (χ1) is 7.86. The van der Waals surface area contributed by atoms with Crippen molar-refractivity contribution in [2.45, 2.75) is 62.8 Å². The predicted octanol–water partition coefficient (Wildman–Crippen LogP) is 2.82. The first-order valence-electron chi connectivity index (χ1n) is 6.83. The third-order valence-electron chi connectivity index (χ3n) is 3.77. The van der Waals surface area contributed by atoms with Crippen LogP contribution >= 0.6 is 11.8 Å². The third kappa shape index (κ3) is 3.94. The topological polar surface area (TPSA) is 21.3 Å². The normalized spacial score (nSPS) is 32.1. The SMILES string of the molecule is CC1SCCCC1NCCOC1CCCC1. The quantitative estimate of drug-likeness (QED) is 0.750. The molecule has 0 aromatic heterocycles. The molecule has 2 unspecified atom stereocenters. The monoisotopic (exact) mass is 243 g/mol. The molecule has 0 bridgehead atoms. The van der Waals surface area contributed by atoms with E-state index in [0.29, 0.717) is 12.1 Å². The van der Waals surface area contributed by atoms with E-state index in [0.717, 1.165) is 18.4 Å². The molecule has 1 saturated heterocycles. The van der Waals surface area contributed by atoms with E-state index in [9.17, 15) is 0 Å². The van der Waals surface area contributed by atoms with E-state index in [1.807, 2.05) is 0 Å². The Morgan fingerprint density at radius 2 is 2.00 bits per heavy atom. The first-order valence-corrected chi connectivity index (χ1v) is 7.88. The molecule has 0 amide bonds. The lowest BCUT2D eigenvalue weighted by Crippen LogP contribution is -2.41. The molecule has 1 heterocycles. The van der Waals surface area contributed by atoms with E-state index in [-0.39, 0.29) is 0 Å². The van der Waals surface area contributed by atoms with Gasteiger partial charge in [0.15, 0.2) is 0 Å². The molecule has 0 radical (unpaired) electrons. The van der Waals surface area contributed by atoms with E-state index in [1.165, 1.54) is 44.3 Å². The van der Waals surface area contributed by atoms with Crippen LogP contribution in [0.4, 0.5) is 0 Å². The molecule has 94 valence electrons. The van der Waals surface area contributed by atoms with Crippen molar-refractivity contribution in [1.82, 2.24) is 5.32 Å². The Hall–Kier alpha value is 0.270. The van der Waals surface area contributed by atoms with Gasteiger partial charge in [-0.2, -0.15) is 11.8 Å². The molecular formula is C13H25NOS. The van der Waals surface area contributed by atoms with Crippen LogP contribution < -0.4 is 5.32 Å². The second kappa shape index (κ2) is 6.87. The summed E-state index contributed by atoms with van der Waals surface area (Å²) in [5.74, 6) is 1.35. The highest BCUT2D eigenvalue weighted by atomic mass is 32.2. The fraction of sp³-hybridized carbons (Fsp3) is 1.00. The summed E-state index contributed by atoms with van der Waals surface area (Å²) < 4.78 is 5.86. The molecule has 2 fully saturated rings. The number of ether oxygens (including phenoxy) is 1. The lowest BCUT2D eigenvalue weighted by Gasteiger charge is -2.29. The van der Waals surface area contributed by atoms with Gasteiger partial charge in [0.25, 0.3) is 0 Å². The lowest BCUT2D eigenvalue weighted by molar-refractivity contribution is 0.0589. The highest BCUT2D eigenvalue weighted by Crippen LogP contribution is 2.25. The molecule has 0 aromatic rings. The van der Waals surface area contributed by atoms with Gasteiger partial charge in [0.2, 0.25) is 0 Å². The van der Waals surface area contributed by atoms with E-state index in [4.69, 9.17) is 4.74 Å². The minimum Gasteiger partial charge on any atom is -0.377 e. The molecule has 1 aliphatic heterocycles. The van der Waals surface area contributed by atoms with Crippen molar-refractivity contribution in [3.8, 4) is 0 Å². The van der Waals surface area contributed by atoms with Gasteiger partial charge in [-0.1, -0.05) is 19.8 Å². The van der Waals surface area contributed by atoms with Crippen molar-refractivity contribution in [3.05, 3.63) is 0 Å². The third-order valence-corrected chi connectivity index (χ3v) is 5.15. The average Bonchev–Trinajstić information content (AvgIpc) is 2.79. The summed E-state index contributed by atoms with van der Waals surface area (Å²) >= 11 is 2.11. The Morgan fingerprint density at radius 3 is 2.75 bits per heavy atom. The highest BCUT2D eigenvalue weighted by Gasteiger charge is 2.21. The zero-order chi connectivity index (χ0) is 11.2. The first kappa shape index (κ1) is 12.7. The van der Waals surface area contributed by atoms with Gasteiger partial charge in [0.1, 0.15) is 0 Å². The maximum Gasteiger partial charge on any atom is 0.0594 e. The summed E-state index contributed by atoms with van der Waals surface area (Å²) in [7, 11) is 0. The molecule has 2 atom stereocenters. The van der Waals surface area contributed by atoms with Crippen LogP contribution in [0, 0.1) is 0 Å².